The van der Waals surface area contributed by atoms with Crippen LogP contribution in [0.1, 0.15) is 32.3 Å². The highest BCUT2D eigenvalue weighted by molar-refractivity contribution is 6.30. The van der Waals surface area contributed by atoms with E-state index in [1.807, 2.05) is 19.2 Å². The fraction of sp³-hybridized carbons (Fsp3) is 0.650. The SMILES string of the molecule is CN=C(NCC(C)N1CCOCC1C)NCC1(c2cccc(Cl)c2)CC1. The lowest BCUT2D eigenvalue weighted by Gasteiger charge is -2.38. The molecule has 1 saturated heterocycles. The van der Waals surface area contributed by atoms with Crippen molar-refractivity contribution in [3.63, 3.8) is 0 Å². The largest absolute Gasteiger partial charge is 0.379 e. The van der Waals surface area contributed by atoms with Crippen molar-refractivity contribution in [1.82, 2.24) is 15.5 Å². The van der Waals surface area contributed by atoms with Crippen molar-refractivity contribution in [2.24, 2.45) is 4.99 Å². The Kier molecular flexibility index (Phi) is 6.43. The van der Waals surface area contributed by atoms with Gasteiger partial charge in [0.25, 0.3) is 0 Å². The van der Waals surface area contributed by atoms with Crippen LogP contribution in [0, 0.1) is 0 Å². The van der Waals surface area contributed by atoms with Crippen molar-refractivity contribution in [1.29, 1.82) is 0 Å². The summed E-state index contributed by atoms with van der Waals surface area (Å²) in [4.78, 5) is 6.89. The van der Waals surface area contributed by atoms with Gasteiger partial charge >= 0.3 is 0 Å². The number of nitrogens with zero attached hydrogens (tertiary/aromatic N) is 2. The Morgan fingerprint density at radius 1 is 1.42 bits per heavy atom. The predicted molar refractivity (Wildman–Crippen MR) is 108 cm³/mol. The molecule has 2 N–H and O–H groups in total. The number of ether oxygens (including phenoxy) is 1. The quantitative estimate of drug-likeness (QED) is 0.590. The van der Waals surface area contributed by atoms with E-state index in [9.17, 15) is 0 Å². The number of rotatable bonds is 6. The minimum absolute atomic E-state index is 0.201. The van der Waals surface area contributed by atoms with Gasteiger partial charge < -0.3 is 15.4 Å². The number of hydrogen-bond donors (Lipinski definition) is 2. The Labute approximate surface area is 162 Å². The van der Waals surface area contributed by atoms with Crippen LogP contribution < -0.4 is 10.6 Å². The first-order valence-electron chi connectivity index (χ1n) is 9.58. The molecule has 1 aromatic rings. The van der Waals surface area contributed by atoms with Gasteiger partial charge in [0.15, 0.2) is 5.96 Å². The van der Waals surface area contributed by atoms with Crippen LogP contribution in [0.5, 0.6) is 0 Å². The second kappa shape index (κ2) is 8.59. The van der Waals surface area contributed by atoms with Crippen molar-refractivity contribution in [2.75, 3.05) is 39.9 Å². The van der Waals surface area contributed by atoms with E-state index in [2.05, 4.69) is 46.5 Å². The van der Waals surface area contributed by atoms with E-state index in [4.69, 9.17) is 16.3 Å². The summed E-state index contributed by atoms with van der Waals surface area (Å²) in [7, 11) is 1.83. The van der Waals surface area contributed by atoms with E-state index in [-0.39, 0.29) is 5.41 Å². The van der Waals surface area contributed by atoms with Crippen LogP contribution in [-0.4, -0.2) is 62.8 Å². The fourth-order valence-corrected chi connectivity index (χ4v) is 3.96. The Morgan fingerprint density at radius 3 is 2.88 bits per heavy atom. The predicted octanol–water partition coefficient (Wildman–Crippen LogP) is 2.65. The third-order valence-electron chi connectivity index (χ3n) is 5.66. The van der Waals surface area contributed by atoms with Gasteiger partial charge in [0.1, 0.15) is 0 Å². The normalized spacial score (nSPS) is 24.2. The maximum Gasteiger partial charge on any atom is 0.191 e. The molecule has 1 aromatic carbocycles. The molecule has 1 heterocycles. The molecule has 144 valence electrons. The molecule has 2 atom stereocenters. The van der Waals surface area contributed by atoms with Crippen molar-refractivity contribution in [3.8, 4) is 0 Å². The van der Waals surface area contributed by atoms with E-state index < -0.39 is 0 Å². The Balaban J connectivity index is 1.49. The van der Waals surface area contributed by atoms with Crippen LogP contribution in [0.4, 0.5) is 0 Å². The zero-order valence-corrected chi connectivity index (χ0v) is 16.9. The van der Waals surface area contributed by atoms with Gasteiger partial charge in [-0.05, 0) is 44.4 Å². The monoisotopic (exact) mass is 378 g/mol. The second-order valence-electron chi connectivity index (χ2n) is 7.61. The summed E-state index contributed by atoms with van der Waals surface area (Å²) in [6, 6.07) is 9.15. The fourth-order valence-electron chi connectivity index (χ4n) is 3.77. The van der Waals surface area contributed by atoms with Gasteiger partial charge in [-0.3, -0.25) is 9.89 Å². The molecule has 2 unspecified atom stereocenters. The maximum atomic E-state index is 6.17. The van der Waals surface area contributed by atoms with Gasteiger partial charge in [-0.25, -0.2) is 0 Å². The minimum atomic E-state index is 0.201. The van der Waals surface area contributed by atoms with Crippen molar-refractivity contribution in [3.05, 3.63) is 34.9 Å². The van der Waals surface area contributed by atoms with Crippen LogP contribution in [0.15, 0.2) is 29.3 Å². The van der Waals surface area contributed by atoms with E-state index in [0.29, 0.717) is 12.1 Å². The molecule has 0 spiro atoms. The third kappa shape index (κ3) is 4.70. The summed E-state index contributed by atoms with van der Waals surface area (Å²) in [5.74, 6) is 0.867. The maximum absolute atomic E-state index is 6.17. The van der Waals surface area contributed by atoms with Crippen LogP contribution in [-0.2, 0) is 10.2 Å². The van der Waals surface area contributed by atoms with E-state index >= 15 is 0 Å². The van der Waals surface area contributed by atoms with Crippen LogP contribution >= 0.6 is 11.6 Å². The Hall–Kier alpha value is -1.30. The first-order chi connectivity index (χ1) is 12.5. The second-order valence-corrected chi connectivity index (χ2v) is 8.04. The molecule has 2 fully saturated rings. The molecule has 1 aliphatic heterocycles. The van der Waals surface area contributed by atoms with Gasteiger partial charge in [-0.1, -0.05) is 23.7 Å². The summed E-state index contributed by atoms with van der Waals surface area (Å²) in [5, 5.41) is 7.80. The smallest absolute Gasteiger partial charge is 0.191 e. The number of guanidine groups is 1. The summed E-state index contributed by atoms with van der Waals surface area (Å²) < 4.78 is 5.53. The molecule has 0 aromatic heterocycles. The highest BCUT2D eigenvalue weighted by Gasteiger charge is 2.44. The molecule has 26 heavy (non-hydrogen) atoms. The number of nitrogens with one attached hydrogen (secondary N) is 2. The number of morpholine rings is 1. The molecular formula is C20H31ClN4O. The standard InChI is InChI=1S/C20H31ClN4O/c1-15(25-9-10-26-13-16(25)2)12-23-19(22-3)24-14-20(7-8-20)17-5-4-6-18(21)11-17/h4-6,11,15-16H,7-10,12-14H2,1-3H3,(H2,22,23,24). The number of benzene rings is 1. The zero-order valence-electron chi connectivity index (χ0n) is 16.1. The van der Waals surface area contributed by atoms with Gasteiger partial charge in [0.05, 0.1) is 13.2 Å². The van der Waals surface area contributed by atoms with Gasteiger partial charge in [0.2, 0.25) is 0 Å². The number of halogens is 1. The molecule has 1 saturated carbocycles. The summed E-state index contributed by atoms with van der Waals surface area (Å²) >= 11 is 6.17. The van der Waals surface area contributed by atoms with E-state index in [0.717, 1.165) is 43.8 Å². The highest BCUT2D eigenvalue weighted by atomic mass is 35.5. The molecular weight excluding hydrogens is 348 g/mol. The first-order valence-corrected chi connectivity index (χ1v) is 9.96. The van der Waals surface area contributed by atoms with E-state index in [1.165, 1.54) is 18.4 Å². The summed E-state index contributed by atoms with van der Waals surface area (Å²) in [6.45, 7) is 8.88. The van der Waals surface area contributed by atoms with Crippen molar-refractivity contribution >= 4 is 17.6 Å². The average molecular weight is 379 g/mol. The number of aliphatic imine (C=N–C) groups is 1. The lowest BCUT2D eigenvalue weighted by Crippen LogP contribution is -2.53. The molecule has 1 aliphatic carbocycles. The van der Waals surface area contributed by atoms with Crippen LogP contribution in [0.2, 0.25) is 5.02 Å². The third-order valence-corrected chi connectivity index (χ3v) is 5.89. The lowest BCUT2D eigenvalue weighted by molar-refractivity contribution is -0.0174. The molecule has 6 heteroatoms. The van der Waals surface area contributed by atoms with Crippen LogP contribution in [0.3, 0.4) is 0 Å². The summed E-state index contributed by atoms with van der Waals surface area (Å²) in [5.41, 5.74) is 1.52. The first kappa shape index (κ1) is 19.5. The van der Waals surface area contributed by atoms with Crippen molar-refractivity contribution in [2.45, 2.75) is 44.2 Å². The van der Waals surface area contributed by atoms with Gasteiger partial charge in [0, 0.05) is 49.2 Å². The van der Waals surface area contributed by atoms with Gasteiger partial charge in [-0.15, -0.1) is 0 Å². The molecule has 0 radical (unpaired) electrons. The molecule has 0 bridgehead atoms. The van der Waals surface area contributed by atoms with Crippen molar-refractivity contribution < 1.29 is 4.74 Å². The molecule has 5 nitrogen and oxygen atoms in total. The summed E-state index contributed by atoms with van der Waals surface area (Å²) in [6.07, 6.45) is 2.39. The minimum Gasteiger partial charge on any atom is -0.379 e. The van der Waals surface area contributed by atoms with Gasteiger partial charge in [-0.2, -0.15) is 0 Å². The lowest BCUT2D eigenvalue weighted by atomic mass is 9.96. The zero-order chi connectivity index (χ0) is 18.6. The topological polar surface area (TPSA) is 48.9 Å². The molecule has 3 rings (SSSR count). The Morgan fingerprint density at radius 2 is 2.23 bits per heavy atom. The van der Waals surface area contributed by atoms with E-state index in [1.54, 1.807) is 0 Å². The molecule has 0 amide bonds. The highest BCUT2D eigenvalue weighted by Crippen LogP contribution is 2.48. The Bertz CT molecular complexity index is 632. The molecule has 2 aliphatic rings. The average Bonchev–Trinajstić information content (AvgIpc) is 3.43. The van der Waals surface area contributed by atoms with Crippen LogP contribution in [0.25, 0.3) is 0 Å². The number of hydrogen-bond acceptors (Lipinski definition) is 3.